The summed E-state index contributed by atoms with van der Waals surface area (Å²) in [6.45, 7) is 7.07. The predicted octanol–water partition coefficient (Wildman–Crippen LogP) is 4.44. The van der Waals surface area contributed by atoms with E-state index in [9.17, 15) is 9.59 Å². The van der Waals surface area contributed by atoms with E-state index in [2.05, 4.69) is 15.3 Å². The number of anilines is 1. The van der Waals surface area contributed by atoms with Crippen molar-refractivity contribution in [3.05, 3.63) is 80.7 Å². The molecule has 0 bridgehead atoms. The second-order valence-electron chi connectivity index (χ2n) is 8.71. The number of benzene rings is 2. The largest absolute Gasteiger partial charge is 0.322 e. The Morgan fingerprint density at radius 1 is 1.06 bits per heavy atom. The van der Waals surface area contributed by atoms with Crippen LogP contribution in [-0.2, 0) is 6.54 Å². The van der Waals surface area contributed by atoms with Gasteiger partial charge in [0.2, 0.25) is 4.96 Å². The molecule has 10 heteroatoms. The standard InChI is InChI=1S/C25H25ClN6O2S/c1-16-3-6-18(7-4-16)23-29-32-22(33)14-20(28-25(32)35-23)15-30-9-11-31(12-10-30)24(34)27-19-8-5-17(2)21(26)13-19/h3-8,13-14H,9-12,15H2,1-2H3,(H,27,34). The van der Waals surface area contributed by atoms with E-state index in [1.54, 1.807) is 17.0 Å². The summed E-state index contributed by atoms with van der Waals surface area (Å²) < 4.78 is 1.36. The molecular formula is C25H25ClN6O2S. The molecule has 1 fully saturated rings. The minimum absolute atomic E-state index is 0.143. The number of carbonyl (C=O) groups is 1. The first-order valence-corrected chi connectivity index (χ1v) is 12.6. The fourth-order valence-electron chi connectivity index (χ4n) is 3.96. The van der Waals surface area contributed by atoms with Crippen LogP contribution >= 0.6 is 22.9 Å². The van der Waals surface area contributed by atoms with E-state index in [-0.39, 0.29) is 11.6 Å². The number of aryl methyl sites for hydroxylation is 2. The van der Waals surface area contributed by atoms with E-state index in [1.807, 2.05) is 50.2 Å². The molecule has 1 saturated heterocycles. The third-order valence-electron chi connectivity index (χ3n) is 6.06. The zero-order valence-electron chi connectivity index (χ0n) is 19.5. The number of hydrogen-bond acceptors (Lipinski definition) is 6. The van der Waals surface area contributed by atoms with E-state index in [0.29, 0.717) is 54.1 Å². The van der Waals surface area contributed by atoms with Crippen LogP contribution in [0.2, 0.25) is 5.02 Å². The fourth-order valence-corrected chi connectivity index (χ4v) is 5.07. The maximum Gasteiger partial charge on any atom is 0.321 e. The van der Waals surface area contributed by atoms with Crippen molar-refractivity contribution in [3.63, 3.8) is 0 Å². The molecule has 0 spiro atoms. The summed E-state index contributed by atoms with van der Waals surface area (Å²) >= 11 is 7.57. The molecule has 2 amide bonds. The molecule has 0 aliphatic carbocycles. The molecule has 8 nitrogen and oxygen atoms in total. The number of carbonyl (C=O) groups excluding carboxylic acids is 1. The van der Waals surface area contributed by atoms with Gasteiger partial charge in [-0.05, 0) is 31.5 Å². The fraction of sp³-hybridized carbons (Fsp3) is 0.280. The summed E-state index contributed by atoms with van der Waals surface area (Å²) in [6.07, 6.45) is 0. The Hall–Kier alpha value is -3.27. The quantitative estimate of drug-likeness (QED) is 0.440. The normalized spacial score (nSPS) is 14.4. The summed E-state index contributed by atoms with van der Waals surface area (Å²) in [7, 11) is 0. The Balaban J connectivity index is 1.22. The van der Waals surface area contributed by atoms with E-state index < -0.39 is 0 Å². The van der Waals surface area contributed by atoms with Gasteiger partial charge in [0.15, 0.2) is 0 Å². The number of rotatable bonds is 4. The highest BCUT2D eigenvalue weighted by molar-refractivity contribution is 7.19. The van der Waals surface area contributed by atoms with Crippen LogP contribution in [0, 0.1) is 13.8 Å². The van der Waals surface area contributed by atoms with Crippen LogP contribution in [0.5, 0.6) is 0 Å². The number of urea groups is 1. The lowest BCUT2D eigenvalue weighted by Crippen LogP contribution is -2.49. The molecule has 35 heavy (non-hydrogen) atoms. The number of nitrogens with zero attached hydrogens (tertiary/aromatic N) is 5. The highest BCUT2D eigenvalue weighted by atomic mass is 35.5. The number of amides is 2. The SMILES string of the molecule is Cc1ccc(-c2nn3c(=O)cc(CN4CCN(C(=O)Nc5ccc(C)c(Cl)c5)CC4)nc3s2)cc1. The number of hydrogen-bond donors (Lipinski definition) is 1. The average molecular weight is 509 g/mol. The van der Waals surface area contributed by atoms with Gasteiger partial charge in [-0.1, -0.05) is 58.8 Å². The smallest absolute Gasteiger partial charge is 0.321 e. The van der Waals surface area contributed by atoms with Crippen molar-refractivity contribution in [1.29, 1.82) is 0 Å². The van der Waals surface area contributed by atoms with Crippen LogP contribution in [0.15, 0.2) is 53.3 Å². The molecule has 0 atom stereocenters. The molecule has 0 saturated carbocycles. The van der Waals surface area contributed by atoms with Crippen LogP contribution in [0.3, 0.4) is 0 Å². The second-order valence-corrected chi connectivity index (χ2v) is 10.1. The lowest BCUT2D eigenvalue weighted by Gasteiger charge is -2.34. The third kappa shape index (κ3) is 5.22. The molecule has 0 radical (unpaired) electrons. The van der Waals surface area contributed by atoms with Gasteiger partial charge in [-0.3, -0.25) is 9.69 Å². The van der Waals surface area contributed by atoms with E-state index in [0.717, 1.165) is 16.1 Å². The lowest BCUT2D eigenvalue weighted by atomic mass is 10.2. The van der Waals surface area contributed by atoms with Crippen molar-refractivity contribution in [2.45, 2.75) is 20.4 Å². The van der Waals surface area contributed by atoms with Crippen molar-refractivity contribution < 1.29 is 4.79 Å². The van der Waals surface area contributed by atoms with Crippen LogP contribution in [0.25, 0.3) is 15.5 Å². The lowest BCUT2D eigenvalue weighted by molar-refractivity contribution is 0.142. The Morgan fingerprint density at radius 2 is 1.80 bits per heavy atom. The van der Waals surface area contributed by atoms with Crippen molar-refractivity contribution in [1.82, 2.24) is 24.4 Å². The highest BCUT2D eigenvalue weighted by Crippen LogP contribution is 2.25. The van der Waals surface area contributed by atoms with Gasteiger partial charge in [0, 0.05) is 55.1 Å². The number of halogens is 1. The van der Waals surface area contributed by atoms with E-state index in [4.69, 9.17) is 16.6 Å². The monoisotopic (exact) mass is 508 g/mol. The number of fused-ring (bicyclic) bond motifs is 1. The topological polar surface area (TPSA) is 82.8 Å². The van der Waals surface area contributed by atoms with Gasteiger partial charge in [-0.25, -0.2) is 9.78 Å². The zero-order valence-corrected chi connectivity index (χ0v) is 21.1. The molecule has 1 aliphatic rings. The Bertz CT molecular complexity index is 1440. The van der Waals surface area contributed by atoms with Crippen molar-refractivity contribution in [2.24, 2.45) is 0 Å². The van der Waals surface area contributed by atoms with Gasteiger partial charge < -0.3 is 10.2 Å². The van der Waals surface area contributed by atoms with Gasteiger partial charge >= 0.3 is 6.03 Å². The maximum absolute atomic E-state index is 12.7. The number of piperazine rings is 1. The van der Waals surface area contributed by atoms with Crippen molar-refractivity contribution in [2.75, 3.05) is 31.5 Å². The Kier molecular flexibility index (Phi) is 6.55. The van der Waals surface area contributed by atoms with Crippen LogP contribution < -0.4 is 10.9 Å². The van der Waals surface area contributed by atoms with Gasteiger partial charge in [0.05, 0.1) is 5.69 Å². The average Bonchev–Trinajstić information content (AvgIpc) is 3.27. The molecule has 2 aromatic heterocycles. The molecule has 0 unspecified atom stereocenters. The molecule has 4 aromatic rings. The first-order chi connectivity index (χ1) is 16.9. The maximum atomic E-state index is 12.7. The van der Waals surface area contributed by atoms with Crippen LogP contribution in [0.1, 0.15) is 16.8 Å². The highest BCUT2D eigenvalue weighted by Gasteiger charge is 2.22. The summed E-state index contributed by atoms with van der Waals surface area (Å²) in [5.41, 5.74) is 4.31. The van der Waals surface area contributed by atoms with E-state index in [1.165, 1.54) is 21.4 Å². The number of aromatic nitrogens is 3. The first kappa shape index (κ1) is 23.5. The molecule has 2 aromatic carbocycles. The summed E-state index contributed by atoms with van der Waals surface area (Å²) in [5.74, 6) is 0. The third-order valence-corrected chi connectivity index (χ3v) is 7.43. The van der Waals surface area contributed by atoms with Crippen molar-refractivity contribution in [3.8, 4) is 10.6 Å². The van der Waals surface area contributed by atoms with Gasteiger partial charge in [0.1, 0.15) is 5.01 Å². The Labute approximate surface area is 211 Å². The van der Waals surface area contributed by atoms with Crippen LogP contribution in [-0.4, -0.2) is 56.6 Å². The number of nitrogens with one attached hydrogen (secondary N) is 1. The molecular weight excluding hydrogens is 484 g/mol. The molecule has 180 valence electrons. The molecule has 1 N–H and O–H groups in total. The van der Waals surface area contributed by atoms with Gasteiger partial charge in [0.25, 0.3) is 5.56 Å². The van der Waals surface area contributed by atoms with E-state index >= 15 is 0 Å². The zero-order chi connectivity index (χ0) is 24.5. The van der Waals surface area contributed by atoms with Gasteiger partial charge in [-0.15, -0.1) is 0 Å². The molecule has 3 heterocycles. The summed E-state index contributed by atoms with van der Waals surface area (Å²) in [6, 6.07) is 15.0. The minimum atomic E-state index is -0.186. The summed E-state index contributed by atoms with van der Waals surface area (Å²) in [5, 5.41) is 8.76. The Morgan fingerprint density at radius 3 is 2.51 bits per heavy atom. The van der Waals surface area contributed by atoms with Crippen LogP contribution in [0.4, 0.5) is 10.5 Å². The second kappa shape index (κ2) is 9.77. The van der Waals surface area contributed by atoms with Crippen molar-refractivity contribution >= 4 is 39.6 Å². The first-order valence-electron chi connectivity index (χ1n) is 11.4. The molecule has 5 rings (SSSR count). The summed E-state index contributed by atoms with van der Waals surface area (Å²) in [4.78, 5) is 34.6. The predicted molar refractivity (Wildman–Crippen MR) is 139 cm³/mol. The van der Waals surface area contributed by atoms with Gasteiger partial charge in [-0.2, -0.15) is 9.61 Å². The minimum Gasteiger partial charge on any atom is -0.322 e. The molecule has 1 aliphatic heterocycles.